The fourth-order valence-corrected chi connectivity index (χ4v) is 4.32. The van der Waals surface area contributed by atoms with Gasteiger partial charge in [0.15, 0.2) is 5.82 Å². The molecule has 2 atom stereocenters. The van der Waals surface area contributed by atoms with Crippen LogP contribution in [-0.2, 0) is 9.53 Å². The van der Waals surface area contributed by atoms with E-state index in [0.717, 1.165) is 17.1 Å². The minimum Gasteiger partial charge on any atom is -0.366 e. The molecular weight excluding hydrogens is 312 g/mol. The predicted molar refractivity (Wildman–Crippen MR) is 86.3 cm³/mol. The number of amides is 1. The van der Waals surface area contributed by atoms with Crippen molar-refractivity contribution in [1.29, 1.82) is 0 Å². The second kappa shape index (κ2) is 5.98. The number of hydrogen-bond acceptors (Lipinski definition) is 5. The Morgan fingerprint density at radius 2 is 2.30 bits per heavy atom. The molecule has 120 valence electrons. The smallest absolute Gasteiger partial charge is 0.231 e. The van der Waals surface area contributed by atoms with E-state index in [2.05, 4.69) is 27.3 Å². The zero-order valence-corrected chi connectivity index (χ0v) is 13.7. The number of benzene rings is 1. The highest BCUT2D eigenvalue weighted by Crippen LogP contribution is 2.40. The maximum Gasteiger partial charge on any atom is 0.231 e. The van der Waals surface area contributed by atoms with Crippen LogP contribution in [0, 0.1) is 6.92 Å². The number of thioether (sulfide) groups is 1. The molecule has 3 heterocycles. The van der Waals surface area contributed by atoms with E-state index in [0.29, 0.717) is 25.5 Å². The topological polar surface area (TPSA) is 71.1 Å². The molecule has 0 unspecified atom stereocenters. The molecule has 1 N–H and O–H groups in total. The summed E-state index contributed by atoms with van der Waals surface area (Å²) in [4.78, 5) is 20.4. The average molecular weight is 330 g/mol. The van der Waals surface area contributed by atoms with Crippen molar-refractivity contribution in [2.24, 2.45) is 0 Å². The highest BCUT2D eigenvalue weighted by Gasteiger charge is 2.35. The van der Waals surface area contributed by atoms with Crippen LogP contribution in [-0.4, -0.2) is 51.4 Å². The Hall–Kier alpha value is -1.86. The van der Waals surface area contributed by atoms with Crippen molar-refractivity contribution in [1.82, 2.24) is 20.1 Å². The SMILES string of the molecule is Cc1nc([C@H]2CN(C(=O)[C@@H]3CSc4ccccc43)CCO2)n[nH]1. The maximum absolute atomic E-state index is 13.0. The van der Waals surface area contributed by atoms with Crippen molar-refractivity contribution >= 4 is 17.7 Å². The van der Waals surface area contributed by atoms with Crippen LogP contribution >= 0.6 is 11.8 Å². The Kier molecular flexibility index (Phi) is 3.82. The summed E-state index contributed by atoms with van der Waals surface area (Å²) in [6.07, 6.45) is -0.248. The molecule has 0 radical (unpaired) electrons. The number of hydrogen-bond donors (Lipinski definition) is 1. The van der Waals surface area contributed by atoms with E-state index >= 15 is 0 Å². The Labute approximate surface area is 138 Å². The second-order valence-corrected chi connectivity index (χ2v) is 6.89. The van der Waals surface area contributed by atoms with Gasteiger partial charge in [-0.2, -0.15) is 5.10 Å². The Bertz CT molecular complexity index is 732. The van der Waals surface area contributed by atoms with E-state index in [1.54, 1.807) is 11.8 Å². The molecule has 0 spiro atoms. The zero-order valence-electron chi connectivity index (χ0n) is 12.9. The van der Waals surface area contributed by atoms with Crippen molar-refractivity contribution in [3.05, 3.63) is 41.5 Å². The van der Waals surface area contributed by atoms with E-state index in [1.807, 2.05) is 24.0 Å². The normalized spacial score (nSPS) is 23.8. The molecule has 23 heavy (non-hydrogen) atoms. The van der Waals surface area contributed by atoms with Crippen molar-refractivity contribution in [3.8, 4) is 0 Å². The van der Waals surface area contributed by atoms with Crippen molar-refractivity contribution in [3.63, 3.8) is 0 Å². The summed E-state index contributed by atoms with van der Waals surface area (Å²) >= 11 is 1.76. The first-order valence-corrected chi connectivity index (χ1v) is 8.72. The lowest BCUT2D eigenvalue weighted by Gasteiger charge is -2.33. The third-order valence-corrected chi connectivity index (χ3v) is 5.46. The van der Waals surface area contributed by atoms with Gasteiger partial charge in [-0.25, -0.2) is 4.98 Å². The Morgan fingerprint density at radius 1 is 1.43 bits per heavy atom. The zero-order chi connectivity index (χ0) is 15.8. The minimum atomic E-state index is -0.248. The van der Waals surface area contributed by atoms with E-state index in [-0.39, 0.29) is 17.9 Å². The molecule has 1 aromatic carbocycles. The van der Waals surface area contributed by atoms with Gasteiger partial charge in [0.1, 0.15) is 11.9 Å². The molecule has 6 nitrogen and oxygen atoms in total. The van der Waals surface area contributed by atoms with Crippen molar-refractivity contribution < 1.29 is 9.53 Å². The molecule has 2 aliphatic heterocycles. The number of aromatic amines is 1. The van der Waals surface area contributed by atoms with E-state index in [1.165, 1.54) is 4.90 Å². The number of aromatic nitrogens is 3. The van der Waals surface area contributed by atoms with E-state index in [4.69, 9.17) is 4.74 Å². The first-order valence-electron chi connectivity index (χ1n) is 7.73. The summed E-state index contributed by atoms with van der Waals surface area (Å²) in [5, 5.41) is 6.99. The Morgan fingerprint density at radius 3 is 3.13 bits per heavy atom. The highest BCUT2D eigenvalue weighted by atomic mass is 32.2. The summed E-state index contributed by atoms with van der Waals surface area (Å²) in [7, 11) is 0. The lowest BCUT2D eigenvalue weighted by Crippen LogP contribution is -2.44. The molecule has 7 heteroatoms. The predicted octanol–water partition coefficient (Wildman–Crippen LogP) is 1.90. The van der Waals surface area contributed by atoms with Crippen LogP contribution < -0.4 is 0 Å². The van der Waals surface area contributed by atoms with Crippen LogP contribution in [0.15, 0.2) is 29.2 Å². The number of ether oxygens (including phenoxy) is 1. The van der Waals surface area contributed by atoms with E-state index < -0.39 is 0 Å². The maximum atomic E-state index is 13.0. The van der Waals surface area contributed by atoms with Crippen LogP contribution in [0.2, 0.25) is 0 Å². The van der Waals surface area contributed by atoms with Gasteiger partial charge in [-0.1, -0.05) is 18.2 Å². The number of carbonyl (C=O) groups excluding carboxylic acids is 1. The molecule has 1 aromatic heterocycles. The molecule has 0 aliphatic carbocycles. The number of rotatable bonds is 2. The lowest BCUT2D eigenvalue weighted by molar-refractivity contribution is -0.140. The first-order chi connectivity index (χ1) is 11.2. The largest absolute Gasteiger partial charge is 0.366 e. The lowest BCUT2D eigenvalue weighted by atomic mass is 9.99. The standard InChI is InChI=1S/C16H18N4O2S/c1-10-17-15(19-18-10)13-8-20(6-7-22-13)16(21)12-9-23-14-5-3-2-4-11(12)14/h2-5,12-13H,6-9H2,1H3,(H,17,18,19)/t12-,13-/m1/s1. The molecule has 1 amide bonds. The number of aryl methyl sites for hydroxylation is 1. The fraction of sp³-hybridized carbons (Fsp3) is 0.438. The van der Waals surface area contributed by atoms with Gasteiger partial charge in [0.25, 0.3) is 0 Å². The average Bonchev–Trinajstić information content (AvgIpc) is 3.20. The first kappa shape index (κ1) is 14.7. The van der Waals surface area contributed by atoms with E-state index in [9.17, 15) is 4.79 Å². The summed E-state index contributed by atoms with van der Waals surface area (Å²) < 4.78 is 5.75. The third-order valence-electron chi connectivity index (χ3n) is 4.28. The minimum absolute atomic E-state index is 0.0520. The fourth-order valence-electron chi connectivity index (χ4n) is 3.10. The molecule has 1 fully saturated rings. The number of nitrogens with zero attached hydrogens (tertiary/aromatic N) is 3. The van der Waals surface area contributed by atoms with Crippen LogP contribution in [0.1, 0.15) is 29.2 Å². The third kappa shape index (κ3) is 2.74. The molecular formula is C16H18N4O2S. The molecule has 2 aromatic rings. The molecule has 1 saturated heterocycles. The van der Waals surface area contributed by atoms with Crippen LogP contribution in [0.5, 0.6) is 0 Å². The van der Waals surface area contributed by atoms with Gasteiger partial charge in [-0.3, -0.25) is 9.89 Å². The number of nitrogens with one attached hydrogen (secondary N) is 1. The molecule has 2 aliphatic rings. The summed E-state index contributed by atoms with van der Waals surface area (Å²) in [5.74, 6) is 2.33. The van der Waals surface area contributed by atoms with Crippen LogP contribution in [0.25, 0.3) is 0 Å². The van der Waals surface area contributed by atoms with Crippen molar-refractivity contribution in [2.45, 2.75) is 23.8 Å². The van der Waals surface area contributed by atoms with Gasteiger partial charge in [-0.05, 0) is 18.6 Å². The molecule has 0 saturated carbocycles. The van der Waals surface area contributed by atoms with Gasteiger partial charge in [0.05, 0.1) is 19.1 Å². The monoisotopic (exact) mass is 330 g/mol. The summed E-state index contributed by atoms with van der Waals surface area (Å²) in [6, 6.07) is 8.18. The molecule has 4 rings (SSSR count). The summed E-state index contributed by atoms with van der Waals surface area (Å²) in [6.45, 7) is 3.52. The summed E-state index contributed by atoms with van der Waals surface area (Å²) in [5.41, 5.74) is 1.15. The highest BCUT2D eigenvalue weighted by molar-refractivity contribution is 7.99. The number of morpholine rings is 1. The quantitative estimate of drug-likeness (QED) is 0.911. The van der Waals surface area contributed by atoms with Gasteiger partial charge < -0.3 is 9.64 Å². The van der Waals surface area contributed by atoms with Gasteiger partial charge in [0.2, 0.25) is 5.91 Å². The van der Waals surface area contributed by atoms with Gasteiger partial charge in [0, 0.05) is 17.2 Å². The van der Waals surface area contributed by atoms with Gasteiger partial charge >= 0.3 is 0 Å². The van der Waals surface area contributed by atoms with Crippen LogP contribution in [0.4, 0.5) is 0 Å². The number of fused-ring (bicyclic) bond motifs is 1. The van der Waals surface area contributed by atoms with Crippen molar-refractivity contribution in [2.75, 3.05) is 25.4 Å². The second-order valence-electron chi connectivity index (χ2n) is 5.82. The Balaban J connectivity index is 1.51. The van der Waals surface area contributed by atoms with Gasteiger partial charge in [-0.15, -0.1) is 11.8 Å². The number of H-pyrrole nitrogens is 1. The molecule has 0 bridgehead atoms. The van der Waals surface area contributed by atoms with Crippen LogP contribution in [0.3, 0.4) is 0 Å². The number of carbonyl (C=O) groups is 1.